The fraction of sp³-hybridized carbons (Fsp3) is 0.385. The van der Waals surface area contributed by atoms with Gasteiger partial charge in [-0.05, 0) is 17.5 Å². The highest BCUT2D eigenvalue weighted by molar-refractivity contribution is 5.86. The molecule has 0 aromatic heterocycles. The summed E-state index contributed by atoms with van der Waals surface area (Å²) in [5.74, 6) is -1.09. The molecule has 5 heteroatoms. The lowest BCUT2D eigenvalue weighted by Crippen LogP contribution is -2.37. The molecule has 0 heterocycles. The van der Waals surface area contributed by atoms with E-state index in [9.17, 15) is 9.59 Å². The second-order valence-corrected chi connectivity index (χ2v) is 4.19. The van der Waals surface area contributed by atoms with E-state index in [0.29, 0.717) is 6.54 Å². The highest BCUT2D eigenvalue weighted by atomic mass is 16.5. The van der Waals surface area contributed by atoms with Crippen LogP contribution in [0.4, 0.5) is 0 Å². The molecule has 0 radical (unpaired) electrons. The van der Waals surface area contributed by atoms with Gasteiger partial charge in [0.15, 0.2) is 0 Å². The Morgan fingerprint density at radius 2 is 2.17 bits per heavy atom. The third-order valence-electron chi connectivity index (χ3n) is 2.94. The van der Waals surface area contributed by atoms with Gasteiger partial charge in [0, 0.05) is 6.54 Å². The topological polar surface area (TPSA) is 75.6 Å². The first kappa shape index (κ1) is 12.6. The van der Waals surface area contributed by atoms with Crippen molar-refractivity contribution in [1.29, 1.82) is 0 Å². The molecule has 0 spiro atoms. The van der Waals surface area contributed by atoms with Crippen LogP contribution in [0, 0.1) is 0 Å². The first-order valence-corrected chi connectivity index (χ1v) is 5.83. The summed E-state index contributed by atoms with van der Waals surface area (Å²) in [7, 11) is 0. The Bertz CT molecular complexity index is 458. The summed E-state index contributed by atoms with van der Waals surface area (Å²) in [4.78, 5) is 22.0. The van der Waals surface area contributed by atoms with Crippen molar-refractivity contribution in [3.63, 3.8) is 0 Å². The number of aliphatic carboxylic acids is 1. The number of ether oxygens (including phenoxy) is 1. The molecule has 2 rings (SSSR count). The van der Waals surface area contributed by atoms with Gasteiger partial charge in [-0.2, -0.15) is 0 Å². The highest BCUT2D eigenvalue weighted by Gasteiger charge is 2.31. The summed E-state index contributed by atoms with van der Waals surface area (Å²) < 4.78 is 4.83. The lowest BCUT2D eigenvalue weighted by molar-refractivity contribution is -0.142. The van der Waals surface area contributed by atoms with Gasteiger partial charge in [-0.1, -0.05) is 24.3 Å². The number of carboxylic acid groups (broad SMARTS) is 1. The second kappa shape index (κ2) is 5.64. The Morgan fingerprint density at radius 3 is 2.89 bits per heavy atom. The third-order valence-corrected chi connectivity index (χ3v) is 2.94. The number of nitrogens with one attached hydrogen (secondary N) is 1. The summed E-state index contributed by atoms with van der Waals surface area (Å²) in [6.07, 6.45) is 0.776. The number of benzene rings is 1. The third kappa shape index (κ3) is 2.87. The van der Waals surface area contributed by atoms with Crippen LogP contribution in [0.15, 0.2) is 24.3 Å². The van der Waals surface area contributed by atoms with E-state index in [1.54, 1.807) is 0 Å². The van der Waals surface area contributed by atoms with Crippen LogP contribution < -0.4 is 5.32 Å². The molecule has 0 aliphatic heterocycles. The molecule has 0 bridgehead atoms. The van der Waals surface area contributed by atoms with Crippen LogP contribution in [-0.4, -0.2) is 36.7 Å². The molecular weight excluding hydrogens is 234 g/mol. The summed E-state index contributed by atoms with van der Waals surface area (Å²) in [5, 5.41) is 11.1. The molecule has 1 amide bonds. The zero-order chi connectivity index (χ0) is 13.0. The summed E-state index contributed by atoms with van der Waals surface area (Å²) in [6, 6.07) is 7.88. The molecule has 0 fully saturated rings. The van der Waals surface area contributed by atoms with Crippen molar-refractivity contribution in [2.45, 2.75) is 12.3 Å². The predicted molar refractivity (Wildman–Crippen MR) is 64.4 cm³/mol. The molecule has 1 aromatic rings. The van der Waals surface area contributed by atoms with Crippen molar-refractivity contribution in [3.05, 3.63) is 35.4 Å². The number of amides is 1. The average Bonchev–Trinajstić information content (AvgIpc) is 2.30. The fourth-order valence-electron chi connectivity index (χ4n) is 2.02. The molecule has 1 aromatic carbocycles. The molecule has 0 saturated heterocycles. The number of rotatable bonds is 6. The first-order chi connectivity index (χ1) is 8.68. The Balaban J connectivity index is 1.70. The number of hydrogen-bond acceptors (Lipinski definition) is 3. The van der Waals surface area contributed by atoms with Crippen molar-refractivity contribution in [3.8, 4) is 0 Å². The molecule has 18 heavy (non-hydrogen) atoms. The van der Waals surface area contributed by atoms with Crippen LogP contribution in [0.5, 0.6) is 0 Å². The Kier molecular flexibility index (Phi) is 3.94. The van der Waals surface area contributed by atoms with Crippen LogP contribution in [-0.2, 0) is 20.7 Å². The minimum atomic E-state index is -1.01. The van der Waals surface area contributed by atoms with Crippen LogP contribution in [0.25, 0.3) is 0 Å². The number of carbonyl (C=O) groups is 2. The van der Waals surface area contributed by atoms with E-state index < -0.39 is 5.97 Å². The Morgan fingerprint density at radius 1 is 1.39 bits per heavy atom. The molecule has 1 aliphatic carbocycles. The van der Waals surface area contributed by atoms with E-state index in [2.05, 4.69) is 5.32 Å². The van der Waals surface area contributed by atoms with Crippen LogP contribution in [0.1, 0.15) is 17.0 Å². The molecule has 96 valence electrons. The summed E-state index contributed by atoms with van der Waals surface area (Å²) in [5.41, 5.74) is 2.31. The predicted octanol–water partition coefficient (Wildman–Crippen LogP) is 0.544. The number of carboxylic acids is 1. The van der Waals surface area contributed by atoms with Gasteiger partial charge in [0.25, 0.3) is 0 Å². The molecule has 0 saturated carbocycles. The Hall–Kier alpha value is -1.88. The number of carbonyl (C=O) groups excluding carboxylic acids is 1. The molecule has 5 nitrogen and oxygen atoms in total. The van der Waals surface area contributed by atoms with Gasteiger partial charge in [-0.25, -0.2) is 4.79 Å². The van der Waals surface area contributed by atoms with Crippen molar-refractivity contribution >= 4 is 11.9 Å². The van der Waals surface area contributed by atoms with E-state index in [4.69, 9.17) is 9.84 Å². The minimum absolute atomic E-state index is 0.0207. The van der Waals surface area contributed by atoms with Gasteiger partial charge in [-0.15, -0.1) is 0 Å². The van der Waals surface area contributed by atoms with E-state index >= 15 is 0 Å². The van der Waals surface area contributed by atoms with Gasteiger partial charge in [0.2, 0.25) is 5.91 Å². The normalized spacial score (nSPS) is 16.6. The first-order valence-electron chi connectivity index (χ1n) is 5.83. The van der Waals surface area contributed by atoms with Crippen molar-refractivity contribution < 1.29 is 19.4 Å². The number of hydrogen-bond donors (Lipinski definition) is 2. The van der Waals surface area contributed by atoms with E-state index in [-0.39, 0.29) is 25.0 Å². The zero-order valence-electron chi connectivity index (χ0n) is 9.89. The largest absolute Gasteiger partial charge is 0.480 e. The summed E-state index contributed by atoms with van der Waals surface area (Å²) >= 11 is 0. The number of fused-ring (bicyclic) bond motifs is 1. The van der Waals surface area contributed by atoms with Crippen LogP contribution in [0.2, 0.25) is 0 Å². The van der Waals surface area contributed by atoms with Crippen molar-refractivity contribution in [2.24, 2.45) is 0 Å². The maximum atomic E-state index is 11.8. The maximum Gasteiger partial charge on any atom is 0.329 e. The average molecular weight is 249 g/mol. The van der Waals surface area contributed by atoms with E-state index in [1.165, 1.54) is 5.56 Å². The molecule has 1 aliphatic rings. The lowest BCUT2D eigenvalue weighted by Gasteiger charge is -2.28. The van der Waals surface area contributed by atoms with Gasteiger partial charge >= 0.3 is 5.97 Å². The van der Waals surface area contributed by atoms with Gasteiger partial charge in [-0.3, -0.25) is 4.79 Å². The van der Waals surface area contributed by atoms with E-state index in [1.807, 2.05) is 24.3 Å². The molecular formula is C13H15NO4. The minimum Gasteiger partial charge on any atom is -0.480 e. The summed E-state index contributed by atoms with van der Waals surface area (Å²) in [6.45, 7) is 0.222. The van der Waals surface area contributed by atoms with Crippen LogP contribution in [0.3, 0.4) is 0 Å². The lowest BCUT2D eigenvalue weighted by atomic mass is 9.77. The van der Waals surface area contributed by atoms with Gasteiger partial charge < -0.3 is 15.2 Å². The fourth-order valence-corrected chi connectivity index (χ4v) is 2.02. The van der Waals surface area contributed by atoms with E-state index in [0.717, 1.165) is 12.0 Å². The van der Waals surface area contributed by atoms with Crippen molar-refractivity contribution in [1.82, 2.24) is 5.32 Å². The molecule has 1 unspecified atom stereocenters. The van der Waals surface area contributed by atoms with Gasteiger partial charge in [0.1, 0.15) is 6.61 Å². The highest BCUT2D eigenvalue weighted by Crippen LogP contribution is 2.34. The quantitative estimate of drug-likeness (QED) is 0.722. The van der Waals surface area contributed by atoms with Crippen molar-refractivity contribution in [2.75, 3.05) is 19.8 Å². The standard InChI is InChI=1S/C13H15NO4/c15-12(16)8-18-6-5-14-13(17)11-7-9-3-1-2-4-10(9)11/h1-4,11H,5-8H2,(H,14,17)(H,15,16). The molecule has 2 N–H and O–H groups in total. The van der Waals surface area contributed by atoms with Gasteiger partial charge in [0.05, 0.1) is 12.5 Å². The van der Waals surface area contributed by atoms with Crippen LogP contribution >= 0.6 is 0 Å². The molecule has 1 atom stereocenters. The zero-order valence-corrected chi connectivity index (χ0v) is 9.89. The Labute approximate surface area is 105 Å². The maximum absolute atomic E-state index is 11.8. The smallest absolute Gasteiger partial charge is 0.329 e. The monoisotopic (exact) mass is 249 g/mol. The SMILES string of the molecule is O=C(O)COCCNC(=O)C1Cc2ccccc21. The second-order valence-electron chi connectivity index (χ2n) is 4.19.